The van der Waals surface area contributed by atoms with Crippen LogP contribution in [0.15, 0.2) is 18.2 Å². The van der Waals surface area contributed by atoms with Gasteiger partial charge >= 0.3 is 0 Å². The first-order valence-corrected chi connectivity index (χ1v) is 4.28. The highest BCUT2D eigenvalue weighted by Crippen LogP contribution is 2.27. The van der Waals surface area contributed by atoms with Crippen LogP contribution in [-0.2, 0) is 6.42 Å². The van der Waals surface area contributed by atoms with Crippen LogP contribution in [0.3, 0.4) is 0 Å². The van der Waals surface area contributed by atoms with Crippen LogP contribution < -0.4 is 10.5 Å². The van der Waals surface area contributed by atoms with Gasteiger partial charge in [0.2, 0.25) is 0 Å². The van der Waals surface area contributed by atoms with Crippen LogP contribution in [0.1, 0.15) is 24.1 Å². The summed E-state index contributed by atoms with van der Waals surface area (Å²) in [5, 5.41) is 0. The van der Waals surface area contributed by atoms with E-state index in [-0.39, 0.29) is 18.4 Å². The lowest BCUT2D eigenvalue weighted by molar-refractivity contribution is 0.356. The number of ether oxygens (including phenoxy) is 1. The molecule has 0 aliphatic carbocycles. The fourth-order valence-corrected chi connectivity index (χ4v) is 1.47. The summed E-state index contributed by atoms with van der Waals surface area (Å²) in [5.74, 6) is 1.02. The monoisotopic (exact) mass is 199 g/mol. The molecule has 1 aromatic carbocycles. The van der Waals surface area contributed by atoms with Crippen LogP contribution in [0.2, 0.25) is 0 Å². The number of benzene rings is 1. The highest BCUT2D eigenvalue weighted by Gasteiger charge is 2.12. The zero-order valence-corrected chi connectivity index (χ0v) is 8.43. The SMILES string of the molecule is C[C@H](N)c1ccc2c(c1)OCC2.Cl. The number of nitrogens with two attached hydrogens (primary N) is 1. The molecular formula is C10H14ClNO. The minimum Gasteiger partial charge on any atom is -0.493 e. The Kier molecular flexibility index (Phi) is 3.17. The summed E-state index contributed by atoms with van der Waals surface area (Å²) in [6, 6.07) is 6.34. The Morgan fingerprint density at radius 1 is 1.46 bits per heavy atom. The quantitative estimate of drug-likeness (QED) is 0.752. The second-order valence-corrected chi connectivity index (χ2v) is 3.25. The van der Waals surface area contributed by atoms with E-state index in [9.17, 15) is 0 Å². The Hall–Kier alpha value is -0.730. The Labute approximate surface area is 84.5 Å². The van der Waals surface area contributed by atoms with Gasteiger partial charge < -0.3 is 10.5 Å². The van der Waals surface area contributed by atoms with Crippen molar-refractivity contribution in [2.75, 3.05) is 6.61 Å². The van der Waals surface area contributed by atoms with Crippen molar-refractivity contribution in [3.63, 3.8) is 0 Å². The summed E-state index contributed by atoms with van der Waals surface area (Å²) in [6.07, 6.45) is 1.04. The van der Waals surface area contributed by atoms with Gasteiger partial charge in [0.15, 0.2) is 0 Å². The first-order valence-electron chi connectivity index (χ1n) is 4.28. The molecule has 0 unspecified atom stereocenters. The topological polar surface area (TPSA) is 35.2 Å². The van der Waals surface area contributed by atoms with Crippen molar-refractivity contribution in [1.29, 1.82) is 0 Å². The molecule has 0 saturated heterocycles. The van der Waals surface area contributed by atoms with E-state index in [2.05, 4.69) is 12.1 Å². The van der Waals surface area contributed by atoms with Gasteiger partial charge in [0.25, 0.3) is 0 Å². The van der Waals surface area contributed by atoms with Crippen LogP contribution >= 0.6 is 12.4 Å². The smallest absolute Gasteiger partial charge is 0.122 e. The molecule has 0 radical (unpaired) electrons. The van der Waals surface area contributed by atoms with Crippen molar-refractivity contribution in [2.24, 2.45) is 5.73 Å². The molecule has 0 spiro atoms. The molecule has 3 heteroatoms. The van der Waals surface area contributed by atoms with E-state index in [0.29, 0.717) is 0 Å². The minimum absolute atomic E-state index is 0. The molecule has 1 atom stereocenters. The predicted molar refractivity (Wildman–Crippen MR) is 55.5 cm³/mol. The van der Waals surface area contributed by atoms with Gasteiger partial charge in [-0.3, -0.25) is 0 Å². The van der Waals surface area contributed by atoms with Gasteiger partial charge in [0.1, 0.15) is 5.75 Å². The summed E-state index contributed by atoms with van der Waals surface area (Å²) in [7, 11) is 0. The lowest BCUT2D eigenvalue weighted by atomic mass is 10.1. The predicted octanol–water partition coefficient (Wildman–Crippen LogP) is 2.06. The summed E-state index contributed by atoms with van der Waals surface area (Å²) >= 11 is 0. The Bertz CT molecular complexity index is 299. The maximum atomic E-state index is 5.75. The first kappa shape index (κ1) is 10.4. The van der Waals surface area contributed by atoms with E-state index in [4.69, 9.17) is 10.5 Å². The van der Waals surface area contributed by atoms with E-state index >= 15 is 0 Å². The van der Waals surface area contributed by atoms with E-state index in [0.717, 1.165) is 24.3 Å². The molecule has 1 aliphatic heterocycles. The van der Waals surface area contributed by atoms with Crippen molar-refractivity contribution < 1.29 is 4.74 Å². The van der Waals surface area contributed by atoms with Crippen LogP contribution in [-0.4, -0.2) is 6.61 Å². The Morgan fingerprint density at radius 2 is 2.23 bits per heavy atom. The van der Waals surface area contributed by atoms with Gasteiger partial charge in [0, 0.05) is 12.5 Å². The number of rotatable bonds is 1. The molecule has 0 bridgehead atoms. The van der Waals surface area contributed by atoms with Crippen LogP contribution in [0.5, 0.6) is 5.75 Å². The molecule has 0 saturated carbocycles. The first-order chi connectivity index (χ1) is 5.77. The van der Waals surface area contributed by atoms with Crippen molar-refractivity contribution >= 4 is 12.4 Å². The van der Waals surface area contributed by atoms with Crippen LogP contribution in [0.4, 0.5) is 0 Å². The molecule has 13 heavy (non-hydrogen) atoms. The molecule has 1 heterocycles. The highest BCUT2D eigenvalue weighted by atomic mass is 35.5. The zero-order chi connectivity index (χ0) is 8.55. The van der Waals surface area contributed by atoms with E-state index < -0.39 is 0 Å². The number of hydrogen-bond donors (Lipinski definition) is 1. The molecule has 0 fully saturated rings. The van der Waals surface area contributed by atoms with Gasteiger partial charge in [-0.2, -0.15) is 0 Å². The maximum Gasteiger partial charge on any atom is 0.122 e. The van der Waals surface area contributed by atoms with E-state index in [1.54, 1.807) is 0 Å². The molecule has 1 aliphatic rings. The third kappa shape index (κ3) is 1.95. The fourth-order valence-electron chi connectivity index (χ4n) is 1.47. The lowest BCUT2D eigenvalue weighted by Crippen LogP contribution is -2.04. The van der Waals surface area contributed by atoms with Gasteiger partial charge in [-0.15, -0.1) is 12.4 Å². The number of halogens is 1. The average Bonchev–Trinajstić information content (AvgIpc) is 2.49. The van der Waals surface area contributed by atoms with Crippen molar-refractivity contribution in [2.45, 2.75) is 19.4 Å². The van der Waals surface area contributed by atoms with Gasteiger partial charge in [0.05, 0.1) is 6.61 Å². The highest BCUT2D eigenvalue weighted by molar-refractivity contribution is 5.85. The Balaban J connectivity index is 0.000000845. The van der Waals surface area contributed by atoms with E-state index in [1.807, 2.05) is 13.0 Å². The molecule has 0 aromatic heterocycles. The summed E-state index contributed by atoms with van der Waals surface area (Å²) in [4.78, 5) is 0. The van der Waals surface area contributed by atoms with Gasteiger partial charge in [-0.05, 0) is 24.1 Å². The Morgan fingerprint density at radius 3 is 2.92 bits per heavy atom. The second kappa shape index (κ2) is 3.99. The van der Waals surface area contributed by atoms with Gasteiger partial charge in [-0.25, -0.2) is 0 Å². The van der Waals surface area contributed by atoms with Gasteiger partial charge in [-0.1, -0.05) is 12.1 Å². The average molecular weight is 200 g/mol. The molecule has 2 rings (SSSR count). The van der Waals surface area contributed by atoms with Crippen LogP contribution in [0, 0.1) is 0 Å². The largest absolute Gasteiger partial charge is 0.493 e. The molecule has 72 valence electrons. The fraction of sp³-hybridized carbons (Fsp3) is 0.400. The van der Waals surface area contributed by atoms with E-state index in [1.165, 1.54) is 5.56 Å². The van der Waals surface area contributed by atoms with Crippen molar-refractivity contribution in [3.8, 4) is 5.75 Å². The molecule has 1 aromatic rings. The molecule has 2 nitrogen and oxygen atoms in total. The maximum absolute atomic E-state index is 5.75. The summed E-state index contributed by atoms with van der Waals surface area (Å²) in [5.41, 5.74) is 8.21. The molecule has 2 N–H and O–H groups in total. The third-order valence-corrected chi connectivity index (χ3v) is 2.25. The summed E-state index contributed by atoms with van der Waals surface area (Å²) in [6.45, 7) is 2.80. The standard InChI is InChI=1S/C10H13NO.ClH/c1-7(11)9-3-2-8-4-5-12-10(8)6-9;/h2-3,6-7H,4-5,11H2,1H3;1H/t7-;/m0./s1. The lowest BCUT2D eigenvalue weighted by Gasteiger charge is -2.06. The van der Waals surface area contributed by atoms with Crippen molar-refractivity contribution in [3.05, 3.63) is 29.3 Å². The normalized spacial score (nSPS) is 15.5. The summed E-state index contributed by atoms with van der Waals surface area (Å²) < 4.78 is 5.43. The molecule has 0 amide bonds. The van der Waals surface area contributed by atoms with Crippen LogP contribution in [0.25, 0.3) is 0 Å². The van der Waals surface area contributed by atoms with Crippen molar-refractivity contribution in [1.82, 2.24) is 0 Å². The number of hydrogen-bond acceptors (Lipinski definition) is 2. The molecular weight excluding hydrogens is 186 g/mol. The second-order valence-electron chi connectivity index (χ2n) is 3.25. The number of fused-ring (bicyclic) bond motifs is 1. The minimum atomic E-state index is 0. The zero-order valence-electron chi connectivity index (χ0n) is 7.62. The third-order valence-electron chi connectivity index (χ3n) is 2.25.